The first-order chi connectivity index (χ1) is 13.4. The maximum atomic E-state index is 13.6. The molecule has 3 rings (SSSR count). The zero-order chi connectivity index (χ0) is 20.0. The molecule has 0 bridgehead atoms. The van der Waals surface area contributed by atoms with Crippen LogP contribution in [0.15, 0.2) is 48.5 Å². The molecule has 2 aromatic carbocycles. The highest BCUT2D eigenvalue weighted by atomic mass is 19.4. The van der Waals surface area contributed by atoms with E-state index in [1.807, 2.05) is 0 Å². The lowest BCUT2D eigenvalue weighted by Gasteiger charge is -2.33. The average molecular weight is 398 g/mol. The van der Waals surface area contributed by atoms with Gasteiger partial charge in [0.25, 0.3) is 0 Å². The minimum absolute atomic E-state index is 0.206. The molecule has 2 aromatic rings. The van der Waals surface area contributed by atoms with Crippen LogP contribution in [0.5, 0.6) is 11.5 Å². The van der Waals surface area contributed by atoms with Gasteiger partial charge in [0.05, 0.1) is 0 Å². The number of hydrogen-bond acceptors (Lipinski definition) is 4. The lowest BCUT2D eigenvalue weighted by Crippen LogP contribution is -2.47. The van der Waals surface area contributed by atoms with Gasteiger partial charge in [0, 0.05) is 26.2 Å². The molecule has 0 saturated carbocycles. The SMILES string of the molecule is Fc1ccccc1ON1CCN(CCCc2ccc(OC(F)(F)F)cc2)CC1. The number of hydrogen-bond donors (Lipinski definition) is 0. The fraction of sp³-hybridized carbons (Fsp3) is 0.400. The third-order valence-corrected chi connectivity index (χ3v) is 4.49. The molecule has 1 saturated heterocycles. The van der Waals surface area contributed by atoms with Gasteiger partial charge in [0.2, 0.25) is 0 Å². The number of ether oxygens (including phenoxy) is 1. The predicted octanol–water partition coefficient (Wildman–Crippen LogP) is 4.27. The van der Waals surface area contributed by atoms with Crippen molar-refractivity contribution in [1.82, 2.24) is 9.96 Å². The molecule has 0 aromatic heterocycles. The van der Waals surface area contributed by atoms with Gasteiger partial charge >= 0.3 is 6.36 Å². The van der Waals surface area contributed by atoms with Gasteiger partial charge in [0.1, 0.15) is 5.75 Å². The minimum Gasteiger partial charge on any atom is -0.406 e. The topological polar surface area (TPSA) is 24.9 Å². The molecule has 0 atom stereocenters. The van der Waals surface area contributed by atoms with Crippen LogP contribution in [0.25, 0.3) is 0 Å². The molecule has 0 spiro atoms. The molecule has 4 nitrogen and oxygen atoms in total. The Bertz CT molecular complexity index is 745. The summed E-state index contributed by atoms with van der Waals surface area (Å²) in [5, 5.41) is 1.76. The number of halogens is 4. The number of piperazine rings is 1. The van der Waals surface area contributed by atoms with Crippen molar-refractivity contribution in [2.45, 2.75) is 19.2 Å². The monoisotopic (exact) mass is 398 g/mol. The third-order valence-electron chi connectivity index (χ3n) is 4.49. The summed E-state index contributed by atoms with van der Waals surface area (Å²) < 4.78 is 54.0. The zero-order valence-electron chi connectivity index (χ0n) is 15.3. The lowest BCUT2D eigenvalue weighted by molar-refractivity contribution is -0.274. The smallest absolute Gasteiger partial charge is 0.406 e. The van der Waals surface area contributed by atoms with Crippen molar-refractivity contribution >= 4 is 0 Å². The number of aryl methyl sites for hydroxylation is 1. The molecule has 0 aliphatic carbocycles. The van der Waals surface area contributed by atoms with E-state index in [4.69, 9.17) is 4.84 Å². The molecule has 0 radical (unpaired) electrons. The van der Waals surface area contributed by atoms with Crippen LogP contribution in [0, 0.1) is 5.82 Å². The third kappa shape index (κ3) is 6.38. The predicted molar refractivity (Wildman–Crippen MR) is 96.5 cm³/mol. The van der Waals surface area contributed by atoms with Crippen molar-refractivity contribution < 1.29 is 27.1 Å². The standard InChI is InChI=1S/C20H22F4N2O2/c21-18-5-1-2-6-19(18)28-26-14-12-25(13-15-26)11-3-4-16-7-9-17(10-8-16)27-20(22,23)24/h1-2,5-10H,3-4,11-15H2. The van der Waals surface area contributed by atoms with Crippen LogP contribution in [0.4, 0.5) is 17.6 Å². The van der Waals surface area contributed by atoms with Crippen LogP contribution in [0.1, 0.15) is 12.0 Å². The molecule has 0 amide bonds. The van der Waals surface area contributed by atoms with Crippen molar-refractivity contribution in [3.63, 3.8) is 0 Å². The lowest BCUT2D eigenvalue weighted by atomic mass is 10.1. The molecular weight excluding hydrogens is 376 g/mol. The Morgan fingerprint density at radius 2 is 1.57 bits per heavy atom. The fourth-order valence-electron chi connectivity index (χ4n) is 3.07. The van der Waals surface area contributed by atoms with E-state index >= 15 is 0 Å². The Balaban J connectivity index is 1.36. The Labute approximate surface area is 161 Å². The van der Waals surface area contributed by atoms with E-state index < -0.39 is 6.36 Å². The normalized spacial score (nSPS) is 16.1. The Morgan fingerprint density at radius 1 is 0.893 bits per heavy atom. The first-order valence-corrected chi connectivity index (χ1v) is 9.13. The molecule has 0 N–H and O–H groups in total. The Kier molecular flexibility index (Phi) is 6.74. The summed E-state index contributed by atoms with van der Waals surface area (Å²) in [7, 11) is 0. The number of hydroxylamine groups is 2. The summed E-state index contributed by atoms with van der Waals surface area (Å²) in [5.74, 6) is -0.354. The van der Waals surface area contributed by atoms with Crippen LogP contribution >= 0.6 is 0 Å². The molecule has 28 heavy (non-hydrogen) atoms. The summed E-state index contributed by atoms with van der Waals surface area (Å²) in [6, 6.07) is 12.3. The van der Waals surface area contributed by atoms with Gasteiger partial charge in [-0.1, -0.05) is 24.3 Å². The quantitative estimate of drug-likeness (QED) is 0.651. The van der Waals surface area contributed by atoms with Crippen LogP contribution < -0.4 is 9.57 Å². The second kappa shape index (κ2) is 9.25. The summed E-state index contributed by atoms with van der Waals surface area (Å²) in [5.41, 5.74) is 0.969. The minimum atomic E-state index is -4.67. The molecule has 1 aliphatic heterocycles. The van der Waals surface area contributed by atoms with Gasteiger partial charge < -0.3 is 14.5 Å². The summed E-state index contributed by atoms with van der Waals surface area (Å²) >= 11 is 0. The van der Waals surface area contributed by atoms with Gasteiger partial charge in [-0.15, -0.1) is 18.2 Å². The van der Waals surface area contributed by atoms with E-state index in [0.29, 0.717) is 13.1 Å². The number of nitrogens with zero attached hydrogens (tertiary/aromatic N) is 2. The zero-order valence-corrected chi connectivity index (χ0v) is 15.3. The van der Waals surface area contributed by atoms with Gasteiger partial charge in [-0.05, 0) is 49.2 Å². The fourth-order valence-corrected chi connectivity index (χ4v) is 3.07. The second-order valence-electron chi connectivity index (χ2n) is 6.59. The van der Waals surface area contributed by atoms with E-state index in [-0.39, 0.29) is 17.3 Å². The highest BCUT2D eigenvalue weighted by Crippen LogP contribution is 2.23. The van der Waals surface area contributed by atoms with Gasteiger partial charge in [-0.2, -0.15) is 0 Å². The Hall–Kier alpha value is -2.32. The van der Waals surface area contributed by atoms with Crippen molar-refractivity contribution in [2.24, 2.45) is 0 Å². The number of benzene rings is 2. The molecule has 152 valence electrons. The van der Waals surface area contributed by atoms with Crippen LogP contribution in [-0.4, -0.2) is 49.0 Å². The molecule has 1 heterocycles. The van der Waals surface area contributed by atoms with Crippen LogP contribution in [0.2, 0.25) is 0 Å². The summed E-state index contributed by atoms with van der Waals surface area (Å²) in [6.07, 6.45) is -2.99. The summed E-state index contributed by atoms with van der Waals surface area (Å²) in [6.45, 7) is 3.86. The number of para-hydroxylation sites is 1. The van der Waals surface area contributed by atoms with E-state index in [1.165, 1.54) is 18.2 Å². The molecule has 1 aliphatic rings. The molecule has 1 fully saturated rings. The average Bonchev–Trinajstić information content (AvgIpc) is 2.65. The van der Waals surface area contributed by atoms with Gasteiger partial charge in [-0.25, -0.2) is 4.39 Å². The molecular formula is C20H22F4N2O2. The van der Waals surface area contributed by atoms with Crippen molar-refractivity contribution in [3.05, 3.63) is 59.9 Å². The van der Waals surface area contributed by atoms with E-state index in [9.17, 15) is 17.6 Å². The first-order valence-electron chi connectivity index (χ1n) is 9.13. The maximum Gasteiger partial charge on any atom is 0.573 e. The molecule has 8 heteroatoms. The Morgan fingerprint density at radius 3 is 2.21 bits per heavy atom. The van der Waals surface area contributed by atoms with E-state index in [1.54, 1.807) is 35.4 Å². The van der Waals surface area contributed by atoms with Crippen molar-refractivity contribution in [2.75, 3.05) is 32.7 Å². The highest BCUT2D eigenvalue weighted by Gasteiger charge is 2.30. The van der Waals surface area contributed by atoms with Gasteiger partial charge in [0.15, 0.2) is 11.6 Å². The van der Waals surface area contributed by atoms with Crippen molar-refractivity contribution in [3.8, 4) is 11.5 Å². The van der Waals surface area contributed by atoms with Gasteiger partial charge in [-0.3, -0.25) is 0 Å². The number of alkyl halides is 3. The van der Waals surface area contributed by atoms with E-state index in [2.05, 4.69) is 9.64 Å². The second-order valence-corrected chi connectivity index (χ2v) is 6.59. The molecule has 0 unspecified atom stereocenters. The first kappa shape index (κ1) is 20.4. The van der Waals surface area contributed by atoms with Crippen molar-refractivity contribution in [1.29, 1.82) is 0 Å². The van der Waals surface area contributed by atoms with Crippen LogP contribution in [-0.2, 0) is 6.42 Å². The largest absolute Gasteiger partial charge is 0.573 e. The summed E-state index contributed by atoms with van der Waals surface area (Å²) in [4.78, 5) is 7.89. The number of rotatable bonds is 7. The van der Waals surface area contributed by atoms with E-state index in [0.717, 1.165) is 38.0 Å². The maximum absolute atomic E-state index is 13.6. The van der Waals surface area contributed by atoms with Crippen LogP contribution in [0.3, 0.4) is 0 Å². The highest BCUT2D eigenvalue weighted by molar-refractivity contribution is 5.27.